The van der Waals surface area contributed by atoms with E-state index in [0.29, 0.717) is 24.0 Å². The fourth-order valence-corrected chi connectivity index (χ4v) is 5.79. The Morgan fingerprint density at radius 1 is 1.02 bits per heavy atom. The monoisotopic (exact) mass is 553 g/mol. The van der Waals surface area contributed by atoms with E-state index in [1.165, 1.54) is 12.5 Å². The van der Waals surface area contributed by atoms with Crippen LogP contribution in [0.15, 0.2) is 42.5 Å². The van der Waals surface area contributed by atoms with Gasteiger partial charge in [0.25, 0.3) is 0 Å². The number of methoxy groups -OCH3 is 1. The third kappa shape index (κ3) is 7.76. The average molecular weight is 554 g/mol. The van der Waals surface area contributed by atoms with Gasteiger partial charge in [-0.25, -0.2) is 4.79 Å². The summed E-state index contributed by atoms with van der Waals surface area (Å²) in [5, 5.41) is 0. The van der Waals surface area contributed by atoms with Crippen molar-refractivity contribution in [2.45, 2.75) is 96.9 Å². The molecule has 4 rings (SSSR count). The molecule has 40 heavy (non-hydrogen) atoms. The van der Waals surface area contributed by atoms with E-state index in [4.69, 9.17) is 23.7 Å². The van der Waals surface area contributed by atoms with Crippen molar-refractivity contribution < 1.29 is 33.3 Å². The number of hydrogen-bond acceptors (Lipinski definition) is 8. The van der Waals surface area contributed by atoms with E-state index in [1.807, 2.05) is 36.4 Å². The Morgan fingerprint density at radius 2 is 1.77 bits per heavy atom. The number of carbonyl (C=O) groups is 2. The summed E-state index contributed by atoms with van der Waals surface area (Å²) in [4.78, 5) is 27.4. The summed E-state index contributed by atoms with van der Waals surface area (Å²) in [5.74, 6) is 0.344. The topological polar surface area (TPSA) is 83.5 Å². The van der Waals surface area contributed by atoms with Gasteiger partial charge in [-0.15, -0.1) is 0 Å². The van der Waals surface area contributed by atoms with Crippen LogP contribution < -0.4 is 9.47 Å². The molecule has 0 bridgehead atoms. The molecule has 1 aliphatic carbocycles. The third-order valence-electron chi connectivity index (χ3n) is 7.58. The van der Waals surface area contributed by atoms with Crippen LogP contribution in [0.5, 0.6) is 11.5 Å². The van der Waals surface area contributed by atoms with Gasteiger partial charge in [0.1, 0.15) is 12.7 Å². The second kappa shape index (κ2) is 14.5. The van der Waals surface area contributed by atoms with Crippen molar-refractivity contribution in [3.63, 3.8) is 0 Å². The Hall–Kier alpha value is -3.10. The van der Waals surface area contributed by atoms with Gasteiger partial charge in [0.2, 0.25) is 6.29 Å². The highest BCUT2D eigenvalue weighted by Gasteiger charge is 2.38. The van der Waals surface area contributed by atoms with E-state index in [9.17, 15) is 9.59 Å². The number of benzene rings is 2. The zero-order valence-electron chi connectivity index (χ0n) is 24.2. The second-order valence-electron chi connectivity index (χ2n) is 10.6. The summed E-state index contributed by atoms with van der Waals surface area (Å²) in [6, 6.07) is 14.0. The van der Waals surface area contributed by atoms with Gasteiger partial charge in [-0.1, -0.05) is 50.2 Å². The Labute approximate surface area is 237 Å². The summed E-state index contributed by atoms with van der Waals surface area (Å²) in [7, 11) is 1.62. The molecule has 4 atom stereocenters. The van der Waals surface area contributed by atoms with Crippen LogP contribution in [-0.2, 0) is 43.2 Å². The molecule has 4 unspecified atom stereocenters. The third-order valence-corrected chi connectivity index (χ3v) is 7.58. The molecule has 1 heterocycles. The molecule has 8 heteroatoms. The second-order valence-corrected chi connectivity index (χ2v) is 10.6. The number of fused-ring (bicyclic) bond motifs is 1. The first-order valence-corrected chi connectivity index (χ1v) is 14.5. The molecule has 2 aliphatic rings. The number of hydrogen-bond donors (Lipinski definition) is 0. The van der Waals surface area contributed by atoms with E-state index in [2.05, 4.69) is 24.8 Å². The average Bonchev–Trinajstić information content (AvgIpc) is 2.95. The lowest BCUT2D eigenvalue weighted by Crippen LogP contribution is -2.44. The molecule has 1 aliphatic heterocycles. The summed E-state index contributed by atoms with van der Waals surface area (Å²) >= 11 is 0. The summed E-state index contributed by atoms with van der Waals surface area (Å²) in [6.45, 7) is 8.16. The van der Waals surface area contributed by atoms with E-state index in [0.717, 1.165) is 56.3 Å². The standard InChI is InChI=1S/C32H43NO7/c1-5-16-33(17-6-2)25-13-14-27-24(18-25)12-15-28(36-4)31(27)40-30-20-26(38-22(3)34)19-29(39-30)32(35)37-21-23-10-8-7-9-11-23/h7-12,15,25-26,29-30H,5-6,13-14,16-21H2,1-4H3. The molecule has 2 aromatic rings. The molecule has 1 saturated heterocycles. The molecule has 0 amide bonds. The number of ether oxygens (including phenoxy) is 5. The van der Waals surface area contributed by atoms with Gasteiger partial charge < -0.3 is 28.6 Å². The van der Waals surface area contributed by atoms with Gasteiger partial charge in [0, 0.05) is 31.4 Å². The zero-order valence-corrected chi connectivity index (χ0v) is 24.2. The van der Waals surface area contributed by atoms with Crippen LogP contribution in [0.1, 0.15) is 69.6 Å². The first-order chi connectivity index (χ1) is 19.4. The van der Waals surface area contributed by atoms with Crippen LogP contribution in [0.2, 0.25) is 0 Å². The molecule has 1 fully saturated rings. The highest BCUT2D eigenvalue weighted by Crippen LogP contribution is 2.40. The Kier molecular flexibility index (Phi) is 10.8. The SMILES string of the molecule is CCCN(CCC)C1CCc2c(ccc(OC)c2OC2CC(OC(C)=O)CC(C(=O)OCc3ccccc3)O2)C1. The highest BCUT2D eigenvalue weighted by atomic mass is 16.7. The molecule has 0 aromatic heterocycles. The predicted octanol–water partition coefficient (Wildman–Crippen LogP) is 5.23. The van der Waals surface area contributed by atoms with Crippen molar-refractivity contribution in [1.82, 2.24) is 4.90 Å². The van der Waals surface area contributed by atoms with Gasteiger partial charge >= 0.3 is 11.9 Å². The fraction of sp³-hybridized carbons (Fsp3) is 0.562. The van der Waals surface area contributed by atoms with Gasteiger partial charge in [-0.3, -0.25) is 4.79 Å². The largest absolute Gasteiger partial charge is 0.493 e. The van der Waals surface area contributed by atoms with E-state index >= 15 is 0 Å². The van der Waals surface area contributed by atoms with E-state index in [-0.39, 0.29) is 13.0 Å². The first-order valence-electron chi connectivity index (χ1n) is 14.5. The van der Waals surface area contributed by atoms with Crippen molar-refractivity contribution in [1.29, 1.82) is 0 Å². The number of carbonyl (C=O) groups excluding carboxylic acids is 2. The Balaban J connectivity index is 1.51. The maximum absolute atomic E-state index is 13.0. The Bertz CT molecular complexity index is 1120. The zero-order chi connectivity index (χ0) is 28.5. The van der Waals surface area contributed by atoms with Crippen LogP contribution in [0.3, 0.4) is 0 Å². The first kappa shape index (κ1) is 29.9. The number of rotatable bonds is 12. The van der Waals surface area contributed by atoms with Gasteiger partial charge in [-0.05, 0) is 62.4 Å². The maximum atomic E-state index is 13.0. The highest BCUT2D eigenvalue weighted by molar-refractivity contribution is 5.75. The molecular formula is C32H43NO7. The molecule has 8 nitrogen and oxygen atoms in total. The molecule has 0 spiro atoms. The van der Waals surface area contributed by atoms with Crippen molar-refractivity contribution >= 4 is 11.9 Å². The Morgan fingerprint density at radius 3 is 2.45 bits per heavy atom. The quantitative estimate of drug-likeness (QED) is 0.330. The minimum Gasteiger partial charge on any atom is -0.493 e. The van der Waals surface area contributed by atoms with Crippen LogP contribution in [0.25, 0.3) is 0 Å². The van der Waals surface area contributed by atoms with Gasteiger partial charge in [0.05, 0.1) is 7.11 Å². The minimum absolute atomic E-state index is 0.136. The van der Waals surface area contributed by atoms with Crippen molar-refractivity contribution in [3.8, 4) is 11.5 Å². The molecule has 0 saturated carbocycles. The van der Waals surface area contributed by atoms with E-state index in [1.54, 1.807) is 7.11 Å². The van der Waals surface area contributed by atoms with Crippen molar-refractivity contribution in [2.75, 3.05) is 20.2 Å². The van der Waals surface area contributed by atoms with E-state index < -0.39 is 30.4 Å². The lowest BCUT2D eigenvalue weighted by Gasteiger charge is -2.37. The molecule has 0 N–H and O–H groups in total. The molecular weight excluding hydrogens is 510 g/mol. The lowest BCUT2D eigenvalue weighted by atomic mass is 9.86. The summed E-state index contributed by atoms with van der Waals surface area (Å²) in [5.41, 5.74) is 3.24. The van der Waals surface area contributed by atoms with Crippen LogP contribution in [-0.4, -0.2) is 61.6 Å². The fourth-order valence-electron chi connectivity index (χ4n) is 5.79. The summed E-state index contributed by atoms with van der Waals surface area (Å²) < 4.78 is 29.3. The molecule has 218 valence electrons. The predicted molar refractivity (Wildman–Crippen MR) is 151 cm³/mol. The molecule has 2 aromatic carbocycles. The van der Waals surface area contributed by atoms with Crippen LogP contribution >= 0.6 is 0 Å². The van der Waals surface area contributed by atoms with Crippen LogP contribution in [0.4, 0.5) is 0 Å². The number of esters is 2. The smallest absolute Gasteiger partial charge is 0.335 e. The normalized spacial score (nSPS) is 22.3. The van der Waals surface area contributed by atoms with Gasteiger partial charge in [-0.2, -0.15) is 0 Å². The molecule has 0 radical (unpaired) electrons. The van der Waals surface area contributed by atoms with Gasteiger partial charge in [0.15, 0.2) is 17.6 Å². The van der Waals surface area contributed by atoms with Crippen molar-refractivity contribution in [2.24, 2.45) is 0 Å². The van der Waals surface area contributed by atoms with Crippen molar-refractivity contribution in [3.05, 3.63) is 59.2 Å². The maximum Gasteiger partial charge on any atom is 0.335 e. The summed E-state index contributed by atoms with van der Waals surface area (Å²) in [6.07, 6.45) is 3.38. The minimum atomic E-state index is -0.918. The number of nitrogens with zero attached hydrogens (tertiary/aromatic N) is 1. The van der Waals surface area contributed by atoms with Crippen LogP contribution in [0, 0.1) is 0 Å². The lowest BCUT2D eigenvalue weighted by molar-refractivity contribution is -0.206.